The van der Waals surface area contributed by atoms with Crippen LogP contribution in [0.2, 0.25) is 0 Å². The molecule has 2 rings (SSSR count). The summed E-state index contributed by atoms with van der Waals surface area (Å²) in [4.78, 5) is 24.6. The molecule has 0 radical (unpaired) electrons. The summed E-state index contributed by atoms with van der Waals surface area (Å²) in [7, 11) is 0. The highest BCUT2D eigenvalue weighted by Gasteiger charge is 2.21. The summed E-state index contributed by atoms with van der Waals surface area (Å²) in [6, 6.07) is 0. The van der Waals surface area contributed by atoms with Crippen LogP contribution in [-0.2, 0) is 22.5 Å². The zero-order valence-corrected chi connectivity index (χ0v) is 11.0. The first-order valence-electron chi connectivity index (χ1n) is 6.39. The minimum Gasteiger partial charge on any atom is -0.433 e. The topological polar surface area (TPSA) is 90.6 Å². The van der Waals surface area contributed by atoms with Crippen molar-refractivity contribution in [3.05, 3.63) is 17.5 Å². The predicted molar refractivity (Wildman–Crippen MR) is 67.9 cm³/mol. The van der Waals surface area contributed by atoms with Crippen molar-refractivity contribution in [1.29, 1.82) is 0 Å². The Morgan fingerprint density at radius 1 is 1.58 bits per heavy atom. The molecule has 0 unspecified atom stereocenters. The second-order valence-corrected chi connectivity index (χ2v) is 4.36. The molecule has 0 fully saturated rings. The van der Waals surface area contributed by atoms with Gasteiger partial charge in [0.25, 0.3) is 0 Å². The maximum atomic E-state index is 11.4. The van der Waals surface area contributed by atoms with Crippen LogP contribution >= 0.6 is 0 Å². The molecule has 0 aromatic carbocycles. The minimum absolute atomic E-state index is 0.270. The van der Waals surface area contributed by atoms with Gasteiger partial charge in [-0.2, -0.15) is 0 Å². The van der Waals surface area contributed by atoms with E-state index >= 15 is 0 Å². The Hall–Kier alpha value is -1.89. The molecule has 19 heavy (non-hydrogen) atoms. The van der Waals surface area contributed by atoms with E-state index in [0.29, 0.717) is 26.1 Å². The molecule has 1 aromatic heterocycles. The van der Waals surface area contributed by atoms with Gasteiger partial charge in [-0.1, -0.05) is 13.3 Å². The molecule has 7 heteroatoms. The first-order valence-corrected chi connectivity index (χ1v) is 6.39. The SMILES string of the molecule is CCCCOC(=O)ON1CCc2nc(N)ncc2C1. The van der Waals surface area contributed by atoms with Crippen LogP contribution in [0.3, 0.4) is 0 Å². The monoisotopic (exact) mass is 266 g/mol. The smallest absolute Gasteiger partial charge is 0.433 e. The molecule has 7 nitrogen and oxygen atoms in total. The van der Waals surface area contributed by atoms with E-state index in [1.807, 2.05) is 6.92 Å². The second-order valence-electron chi connectivity index (χ2n) is 4.36. The standard InChI is InChI=1S/C12H18N4O3/c1-2-3-6-18-12(17)19-16-5-4-10-9(8-16)7-14-11(13)15-10/h7H,2-6,8H2,1H3,(H2,13,14,15). The summed E-state index contributed by atoms with van der Waals surface area (Å²) in [6.45, 7) is 3.45. The number of hydrogen-bond donors (Lipinski definition) is 1. The van der Waals surface area contributed by atoms with Crippen molar-refractivity contribution in [2.75, 3.05) is 18.9 Å². The van der Waals surface area contributed by atoms with Crippen LogP contribution in [0.1, 0.15) is 31.0 Å². The van der Waals surface area contributed by atoms with Crippen molar-refractivity contribution in [3.8, 4) is 0 Å². The lowest BCUT2D eigenvalue weighted by atomic mass is 10.1. The molecule has 2 heterocycles. The lowest BCUT2D eigenvalue weighted by Crippen LogP contribution is -2.34. The van der Waals surface area contributed by atoms with E-state index in [1.165, 1.54) is 0 Å². The first kappa shape index (κ1) is 13.5. The zero-order chi connectivity index (χ0) is 13.7. The Morgan fingerprint density at radius 3 is 3.21 bits per heavy atom. The normalized spacial score (nSPS) is 14.8. The van der Waals surface area contributed by atoms with Crippen LogP contribution in [0.15, 0.2) is 6.20 Å². The third kappa shape index (κ3) is 3.78. The number of hydroxylamine groups is 2. The summed E-state index contributed by atoms with van der Waals surface area (Å²) in [5.74, 6) is 0.270. The average molecular weight is 266 g/mol. The molecule has 0 saturated carbocycles. The molecule has 0 spiro atoms. The predicted octanol–water partition coefficient (Wildman–Crippen LogP) is 1.29. The maximum Gasteiger partial charge on any atom is 0.527 e. The molecule has 0 saturated heterocycles. The van der Waals surface area contributed by atoms with Crippen molar-refractivity contribution in [2.45, 2.75) is 32.7 Å². The fourth-order valence-corrected chi connectivity index (χ4v) is 1.82. The molecule has 1 aliphatic heterocycles. The van der Waals surface area contributed by atoms with Gasteiger partial charge < -0.3 is 15.3 Å². The molecule has 0 bridgehead atoms. The Bertz CT molecular complexity index is 453. The third-order valence-corrected chi connectivity index (χ3v) is 2.84. The van der Waals surface area contributed by atoms with Gasteiger partial charge in [0.05, 0.1) is 18.8 Å². The molecule has 1 aromatic rings. The van der Waals surface area contributed by atoms with Gasteiger partial charge in [-0.25, -0.2) is 14.8 Å². The summed E-state index contributed by atoms with van der Waals surface area (Å²) >= 11 is 0. The Kier molecular flexibility index (Phi) is 4.51. The molecule has 0 amide bonds. The number of anilines is 1. The largest absolute Gasteiger partial charge is 0.527 e. The van der Waals surface area contributed by atoms with Gasteiger partial charge in [0.2, 0.25) is 5.95 Å². The average Bonchev–Trinajstić information content (AvgIpc) is 2.39. The lowest BCUT2D eigenvalue weighted by molar-refractivity contribution is -0.138. The fraction of sp³-hybridized carbons (Fsp3) is 0.583. The van der Waals surface area contributed by atoms with Crippen LogP contribution in [0, 0.1) is 0 Å². The Morgan fingerprint density at radius 2 is 2.42 bits per heavy atom. The second kappa shape index (κ2) is 6.33. The molecular formula is C12H18N4O3. The van der Waals surface area contributed by atoms with Gasteiger partial charge >= 0.3 is 6.16 Å². The number of ether oxygens (including phenoxy) is 1. The lowest BCUT2D eigenvalue weighted by Gasteiger charge is -2.25. The van der Waals surface area contributed by atoms with Crippen molar-refractivity contribution in [2.24, 2.45) is 0 Å². The minimum atomic E-state index is -0.659. The van der Waals surface area contributed by atoms with Gasteiger partial charge in [0.15, 0.2) is 0 Å². The Balaban J connectivity index is 1.84. The van der Waals surface area contributed by atoms with E-state index in [9.17, 15) is 4.79 Å². The Labute approximate surface area is 111 Å². The van der Waals surface area contributed by atoms with Gasteiger partial charge in [-0.05, 0) is 6.42 Å². The van der Waals surface area contributed by atoms with E-state index in [4.69, 9.17) is 15.3 Å². The molecule has 1 aliphatic rings. The summed E-state index contributed by atoms with van der Waals surface area (Å²) < 4.78 is 4.94. The molecular weight excluding hydrogens is 248 g/mol. The number of carbonyl (C=O) groups excluding carboxylic acids is 1. The van der Waals surface area contributed by atoms with E-state index in [1.54, 1.807) is 11.3 Å². The highest BCUT2D eigenvalue weighted by molar-refractivity contribution is 5.59. The number of hydrogen-bond acceptors (Lipinski definition) is 7. The molecule has 0 aliphatic carbocycles. The van der Waals surface area contributed by atoms with Gasteiger partial charge in [-0.15, -0.1) is 5.06 Å². The number of nitrogens with two attached hydrogens (primary N) is 1. The highest BCUT2D eigenvalue weighted by atomic mass is 16.8. The number of nitrogen functional groups attached to an aromatic ring is 1. The van der Waals surface area contributed by atoms with Crippen molar-refractivity contribution < 1.29 is 14.4 Å². The van der Waals surface area contributed by atoms with Crippen molar-refractivity contribution >= 4 is 12.1 Å². The molecule has 104 valence electrons. The third-order valence-electron chi connectivity index (χ3n) is 2.84. The van der Waals surface area contributed by atoms with E-state index in [-0.39, 0.29) is 5.95 Å². The highest BCUT2D eigenvalue weighted by Crippen LogP contribution is 2.17. The van der Waals surface area contributed by atoms with Gasteiger partial charge in [-0.3, -0.25) is 0 Å². The van der Waals surface area contributed by atoms with E-state index < -0.39 is 6.16 Å². The zero-order valence-electron chi connectivity index (χ0n) is 11.0. The van der Waals surface area contributed by atoms with E-state index in [2.05, 4.69) is 9.97 Å². The van der Waals surface area contributed by atoms with Gasteiger partial charge in [0.1, 0.15) is 0 Å². The fourth-order valence-electron chi connectivity index (χ4n) is 1.82. The first-order chi connectivity index (χ1) is 9.19. The number of carbonyl (C=O) groups is 1. The summed E-state index contributed by atoms with van der Waals surface area (Å²) in [6.07, 6.45) is 3.49. The summed E-state index contributed by atoms with van der Waals surface area (Å²) in [5.41, 5.74) is 7.35. The van der Waals surface area contributed by atoms with Crippen LogP contribution < -0.4 is 5.73 Å². The number of nitrogens with zero attached hydrogens (tertiary/aromatic N) is 3. The quantitative estimate of drug-likeness (QED) is 0.648. The number of fused-ring (bicyclic) bond motifs is 1. The van der Waals surface area contributed by atoms with Crippen LogP contribution in [0.5, 0.6) is 0 Å². The maximum absolute atomic E-state index is 11.4. The van der Waals surface area contributed by atoms with Crippen LogP contribution in [0.4, 0.5) is 10.7 Å². The van der Waals surface area contributed by atoms with Crippen molar-refractivity contribution in [3.63, 3.8) is 0 Å². The molecule has 0 atom stereocenters. The van der Waals surface area contributed by atoms with Crippen LogP contribution in [0.25, 0.3) is 0 Å². The van der Waals surface area contributed by atoms with Gasteiger partial charge in [0, 0.05) is 24.7 Å². The summed E-state index contributed by atoms with van der Waals surface area (Å²) in [5, 5.41) is 1.55. The van der Waals surface area contributed by atoms with Crippen LogP contribution in [-0.4, -0.2) is 34.3 Å². The van der Waals surface area contributed by atoms with Crippen molar-refractivity contribution in [1.82, 2.24) is 15.0 Å². The van der Waals surface area contributed by atoms with E-state index in [0.717, 1.165) is 24.1 Å². The number of unbranched alkanes of at least 4 members (excludes halogenated alkanes) is 1. The number of aromatic nitrogens is 2. The molecule has 2 N–H and O–H groups in total. The number of rotatable bonds is 4.